The van der Waals surface area contributed by atoms with Crippen molar-refractivity contribution in [3.05, 3.63) is 23.5 Å². The zero-order valence-electron chi connectivity index (χ0n) is 7.87. The van der Waals surface area contributed by atoms with Gasteiger partial charge in [0, 0.05) is 18.8 Å². The lowest BCUT2D eigenvalue weighted by atomic mass is 10.1. The lowest BCUT2D eigenvalue weighted by molar-refractivity contribution is 0.0876. The summed E-state index contributed by atoms with van der Waals surface area (Å²) in [6.45, 7) is 1.63. The molecule has 2 rings (SSSR count). The van der Waals surface area contributed by atoms with Gasteiger partial charge in [-0.2, -0.15) is 0 Å². The van der Waals surface area contributed by atoms with Crippen molar-refractivity contribution in [2.45, 2.75) is 18.9 Å². The Hall–Kier alpha value is -0.800. The Labute approximate surface area is 88.4 Å². The van der Waals surface area contributed by atoms with Crippen LogP contribution in [0.25, 0.3) is 0 Å². The third-order valence-electron chi connectivity index (χ3n) is 2.29. The summed E-state index contributed by atoms with van der Waals surface area (Å²) in [4.78, 5) is 4.02. The minimum atomic E-state index is 0.366. The minimum absolute atomic E-state index is 0.366. The molecular formula is C10H13ClN2O. The first kappa shape index (κ1) is 9.74. The molecule has 14 heavy (non-hydrogen) atoms. The molecule has 1 aliphatic rings. The average molecular weight is 213 g/mol. The summed E-state index contributed by atoms with van der Waals surface area (Å²) in [6, 6.07) is 2.15. The molecule has 0 amide bonds. The predicted molar refractivity (Wildman–Crippen MR) is 56.7 cm³/mol. The highest BCUT2D eigenvalue weighted by Crippen LogP contribution is 2.21. The number of anilines is 1. The number of halogens is 1. The molecule has 0 radical (unpaired) electrons. The summed E-state index contributed by atoms with van der Waals surface area (Å²) in [5.41, 5.74) is 0.893. The van der Waals surface area contributed by atoms with Gasteiger partial charge in [-0.05, 0) is 18.9 Å². The van der Waals surface area contributed by atoms with Crippen LogP contribution in [0.5, 0.6) is 0 Å². The van der Waals surface area contributed by atoms with E-state index < -0.39 is 0 Å². The lowest BCUT2D eigenvalue weighted by Gasteiger charge is -2.24. The molecule has 1 aromatic rings. The normalized spacial score (nSPS) is 21.9. The summed E-state index contributed by atoms with van der Waals surface area (Å²) < 4.78 is 5.37. The van der Waals surface area contributed by atoms with Crippen molar-refractivity contribution in [2.75, 3.05) is 18.5 Å². The van der Waals surface area contributed by atoms with E-state index in [2.05, 4.69) is 10.3 Å². The van der Waals surface area contributed by atoms with E-state index in [0.29, 0.717) is 11.1 Å². The number of hydrogen-bond donors (Lipinski definition) is 1. The molecule has 1 unspecified atom stereocenters. The summed E-state index contributed by atoms with van der Waals surface area (Å²) in [6.07, 6.45) is 5.67. The summed E-state index contributed by atoms with van der Waals surface area (Å²) in [7, 11) is 0. The van der Waals surface area contributed by atoms with Crippen LogP contribution in [0.2, 0.25) is 5.02 Å². The van der Waals surface area contributed by atoms with Crippen LogP contribution in [0.1, 0.15) is 12.8 Å². The molecule has 1 N–H and O–H groups in total. The fourth-order valence-electron chi connectivity index (χ4n) is 1.56. The van der Waals surface area contributed by atoms with E-state index >= 15 is 0 Å². The fourth-order valence-corrected chi connectivity index (χ4v) is 1.72. The third-order valence-corrected chi connectivity index (χ3v) is 2.62. The maximum Gasteiger partial charge on any atom is 0.0718 e. The van der Waals surface area contributed by atoms with E-state index in [1.165, 1.54) is 0 Å². The molecular weight excluding hydrogens is 200 g/mol. The van der Waals surface area contributed by atoms with E-state index in [4.69, 9.17) is 16.3 Å². The highest BCUT2D eigenvalue weighted by Gasteiger charge is 2.14. The molecule has 1 atom stereocenters. The van der Waals surface area contributed by atoms with E-state index in [1.807, 2.05) is 0 Å². The van der Waals surface area contributed by atoms with Crippen LogP contribution in [0.3, 0.4) is 0 Å². The average Bonchev–Trinajstić information content (AvgIpc) is 2.23. The molecule has 1 fully saturated rings. The Morgan fingerprint density at radius 2 is 2.50 bits per heavy atom. The topological polar surface area (TPSA) is 34.2 Å². The SMILES string of the molecule is Clc1ccncc1NC1CCCOC1. The predicted octanol–water partition coefficient (Wildman–Crippen LogP) is 2.33. The molecule has 2 heterocycles. The standard InChI is InChI=1S/C10H13ClN2O/c11-9-3-4-12-6-10(9)13-8-2-1-5-14-7-8/h3-4,6,8,13H,1-2,5,7H2. The molecule has 1 saturated heterocycles. The highest BCUT2D eigenvalue weighted by atomic mass is 35.5. The second kappa shape index (κ2) is 4.62. The molecule has 1 aromatic heterocycles. The maximum atomic E-state index is 6.00. The van der Waals surface area contributed by atoms with Crippen molar-refractivity contribution >= 4 is 17.3 Å². The Balaban J connectivity index is 1.99. The molecule has 4 heteroatoms. The number of nitrogens with one attached hydrogen (secondary N) is 1. The van der Waals surface area contributed by atoms with Gasteiger partial charge < -0.3 is 10.1 Å². The van der Waals surface area contributed by atoms with Gasteiger partial charge in [-0.1, -0.05) is 11.6 Å². The Morgan fingerprint density at radius 1 is 1.57 bits per heavy atom. The molecule has 0 aromatic carbocycles. The quantitative estimate of drug-likeness (QED) is 0.817. The Morgan fingerprint density at radius 3 is 3.21 bits per heavy atom. The minimum Gasteiger partial charge on any atom is -0.379 e. The zero-order chi connectivity index (χ0) is 9.80. The van der Waals surface area contributed by atoms with Crippen molar-refractivity contribution in [3.8, 4) is 0 Å². The van der Waals surface area contributed by atoms with E-state index in [9.17, 15) is 0 Å². The third kappa shape index (κ3) is 2.36. The highest BCUT2D eigenvalue weighted by molar-refractivity contribution is 6.33. The number of ether oxygens (including phenoxy) is 1. The van der Waals surface area contributed by atoms with Gasteiger partial charge in [-0.25, -0.2) is 0 Å². The van der Waals surface area contributed by atoms with Gasteiger partial charge in [0.15, 0.2) is 0 Å². The first-order chi connectivity index (χ1) is 6.86. The van der Waals surface area contributed by atoms with Crippen LogP contribution in [0.4, 0.5) is 5.69 Å². The van der Waals surface area contributed by atoms with Gasteiger partial charge in [-0.3, -0.25) is 4.98 Å². The van der Waals surface area contributed by atoms with E-state index in [-0.39, 0.29) is 0 Å². The van der Waals surface area contributed by atoms with Gasteiger partial charge in [-0.15, -0.1) is 0 Å². The Kier molecular flexibility index (Phi) is 3.22. The van der Waals surface area contributed by atoms with Crippen molar-refractivity contribution in [2.24, 2.45) is 0 Å². The van der Waals surface area contributed by atoms with E-state index in [1.54, 1.807) is 18.5 Å². The molecule has 0 aliphatic carbocycles. The first-order valence-electron chi connectivity index (χ1n) is 4.80. The number of pyridine rings is 1. The van der Waals surface area contributed by atoms with Crippen molar-refractivity contribution in [3.63, 3.8) is 0 Å². The van der Waals surface area contributed by atoms with Crippen LogP contribution < -0.4 is 5.32 Å². The second-order valence-corrected chi connectivity index (χ2v) is 3.82. The summed E-state index contributed by atoms with van der Waals surface area (Å²) in [5.74, 6) is 0. The molecule has 1 aliphatic heterocycles. The fraction of sp³-hybridized carbons (Fsp3) is 0.500. The number of nitrogens with zero attached hydrogens (tertiary/aromatic N) is 1. The number of hydrogen-bond acceptors (Lipinski definition) is 3. The maximum absolute atomic E-state index is 6.00. The van der Waals surface area contributed by atoms with Crippen molar-refractivity contribution in [1.29, 1.82) is 0 Å². The van der Waals surface area contributed by atoms with Crippen LogP contribution in [0.15, 0.2) is 18.5 Å². The summed E-state index contributed by atoms with van der Waals surface area (Å²) >= 11 is 6.00. The van der Waals surface area contributed by atoms with Crippen LogP contribution >= 0.6 is 11.6 Å². The second-order valence-electron chi connectivity index (χ2n) is 3.41. The number of aromatic nitrogens is 1. The largest absolute Gasteiger partial charge is 0.379 e. The molecule has 0 spiro atoms. The van der Waals surface area contributed by atoms with Crippen LogP contribution in [-0.2, 0) is 4.74 Å². The summed E-state index contributed by atoms with van der Waals surface area (Å²) in [5, 5.41) is 4.04. The van der Waals surface area contributed by atoms with Gasteiger partial charge in [0.25, 0.3) is 0 Å². The smallest absolute Gasteiger partial charge is 0.0718 e. The van der Waals surface area contributed by atoms with Gasteiger partial charge in [0.2, 0.25) is 0 Å². The zero-order valence-corrected chi connectivity index (χ0v) is 8.63. The van der Waals surface area contributed by atoms with Gasteiger partial charge in [0.05, 0.1) is 23.5 Å². The van der Waals surface area contributed by atoms with Crippen LogP contribution in [-0.4, -0.2) is 24.2 Å². The number of rotatable bonds is 2. The van der Waals surface area contributed by atoms with Crippen molar-refractivity contribution in [1.82, 2.24) is 4.98 Å². The van der Waals surface area contributed by atoms with Crippen molar-refractivity contribution < 1.29 is 4.74 Å². The van der Waals surface area contributed by atoms with E-state index in [0.717, 1.165) is 31.7 Å². The van der Waals surface area contributed by atoms with Crippen LogP contribution in [0, 0.1) is 0 Å². The molecule has 3 nitrogen and oxygen atoms in total. The molecule has 0 bridgehead atoms. The van der Waals surface area contributed by atoms with Gasteiger partial charge >= 0.3 is 0 Å². The monoisotopic (exact) mass is 212 g/mol. The molecule has 0 saturated carbocycles. The Bertz CT molecular complexity index is 300. The first-order valence-corrected chi connectivity index (χ1v) is 5.18. The van der Waals surface area contributed by atoms with Gasteiger partial charge in [0.1, 0.15) is 0 Å². The molecule has 76 valence electrons. The lowest BCUT2D eigenvalue weighted by Crippen LogP contribution is -2.30.